The maximum atomic E-state index is 11.1. The van der Waals surface area contributed by atoms with Crippen molar-refractivity contribution in [3.63, 3.8) is 0 Å². The zero-order valence-electron chi connectivity index (χ0n) is 11.7. The van der Waals surface area contributed by atoms with Gasteiger partial charge in [0, 0.05) is 0 Å². The van der Waals surface area contributed by atoms with Crippen molar-refractivity contribution in [2.45, 2.75) is 19.9 Å². The van der Waals surface area contributed by atoms with Crippen LogP contribution in [0.15, 0.2) is 22.7 Å². The molecular formula is C14H20BrNO4. The van der Waals surface area contributed by atoms with E-state index in [1.807, 2.05) is 25.1 Å². The van der Waals surface area contributed by atoms with Crippen LogP contribution in [0.5, 0.6) is 5.75 Å². The first kappa shape index (κ1) is 16.9. The molecule has 1 rings (SSSR count). The third-order valence-electron chi connectivity index (χ3n) is 2.51. The van der Waals surface area contributed by atoms with Gasteiger partial charge in [0.15, 0.2) is 0 Å². The molecule has 0 saturated carbocycles. The van der Waals surface area contributed by atoms with E-state index < -0.39 is 0 Å². The quantitative estimate of drug-likeness (QED) is 0.732. The number of hydrogen-bond donors (Lipinski definition) is 1. The SMILES string of the molecule is CCOC(=O)COCC(N)c1ccc(OCC)c(Br)c1. The molecular weight excluding hydrogens is 326 g/mol. The first-order valence-electron chi connectivity index (χ1n) is 6.49. The molecule has 0 fully saturated rings. The van der Waals surface area contributed by atoms with Gasteiger partial charge in [0.05, 0.1) is 30.3 Å². The van der Waals surface area contributed by atoms with Gasteiger partial charge in [-0.25, -0.2) is 4.79 Å². The van der Waals surface area contributed by atoms with E-state index in [-0.39, 0.29) is 25.2 Å². The fourth-order valence-corrected chi connectivity index (χ4v) is 2.10. The van der Waals surface area contributed by atoms with Gasteiger partial charge >= 0.3 is 5.97 Å². The Bertz CT molecular complexity index is 439. The Morgan fingerprint density at radius 2 is 2.10 bits per heavy atom. The molecule has 0 spiro atoms. The highest BCUT2D eigenvalue weighted by Gasteiger charge is 2.11. The van der Waals surface area contributed by atoms with Crippen LogP contribution in [0.1, 0.15) is 25.5 Å². The molecule has 0 aliphatic carbocycles. The number of halogens is 1. The van der Waals surface area contributed by atoms with Crippen LogP contribution in [0.2, 0.25) is 0 Å². The van der Waals surface area contributed by atoms with E-state index in [4.69, 9.17) is 19.9 Å². The fourth-order valence-electron chi connectivity index (χ4n) is 1.59. The van der Waals surface area contributed by atoms with Crippen molar-refractivity contribution >= 4 is 21.9 Å². The molecule has 1 aromatic carbocycles. The van der Waals surface area contributed by atoms with Crippen molar-refractivity contribution in [2.24, 2.45) is 5.73 Å². The lowest BCUT2D eigenvalue weighted by molar-refractivity contribution is -0.148. The van der Waals surface area contributed by atoms with Gasteiger partial charge in [-0.2, -0.15) is 0 Å². The van der Waals surface area contributed by atoms with Gasteiger partial charge in [-0.1, -0.05) is 6.07 Å². The van der Waals surface area contributed by atoms with Crippen LogP contribution in [-0.4, -0.2) is 32.4 Å². The Kier molecular flexibility index (Phi) is 7.58. The first-order valence-corrected chi connectivity index (χ1v) is 7.29. The van der Waals surface area contributed by atoms with Crippen LogP contribution in [-0.2, 0) is 14.3 Å². The van der Waals surface area contributed by atoms with E-state index in [1.165, 1.54) is 0 Å². The maximum Gasteiger partial charge on any atom is 0.332 e. The average Bonchev–Trinajstić information content (AvgIpc) is 2.41. The van der Waals surface area contributed by atoms with Crippen LogP contribution in [0.4, 0.5) is 0 Å². The zero-order valence-corrected chi connectivity index (χ0v) is 13.3. The minimum atomic E-state index is -0.382. The number of ether oxygens (including phenoxy) is 3. The van der Waals surface area contributed by atoms with Crippen LogP contribution in [0.25, 0.3) is 0 Å². The molecule has 6 heteroatoms. The van der Waals surface area contributed by atoms with Gasteiger partial charge in [0.2, 0.25) is 0 Å². The van der Waals surface area contributed by atoms with Gasteiger partial charge in [0.1, 0.15) is 12.4 Å². The standard InChI is InChI=1S/C14H20BrNO4/c1-3-19-13-6-5-10(7-11(13)15)12(16)8-18-9-14(17)20-4-2/h5-7,12H,3-4,8-9,16H2,1-2H3. The molecule has 0 amide bonds. The molecule has 20 heavy (non-hydrogen) atoms. The lowest BCUT2D eigenvalue weighted by atomic mass is 10.1. The molecule has 0 heterocycles. The van der Waals surface area contributed by atoms with Crippen LogP contribution >= 0.6 is 15.9 Å². The highest BCUT2D eigenvalue weighted by molar-refractivity contribution is 9.10. The van der Waals surface area contributed by atoms with Crippen LogP contribution < -0.4 is 10.5 Å². The van der Waals surface area contributed by atoms with Gasteiger partial charge in [-0.05, 0) is 47.5 Å². The summed E-state index contributed by atoms with van der Waals surface area (Å²) < 4.78 is 16.3. The number of rotatable bonds is 8. The van der Waals surface area contributed by atoms with Crippen molar-refractivity contribution in [2.75, 3.05) is 26.4 Å². The average molecular weight is 346 g/mol. The number of nitrogens with two attached hydrogens (primary N) is 1. The summed E-state index contributed by atoms with van der Waals surface area (Å²) in [5.74, 6) is 0.392. The minimum absolute atomic E-state index is 0.0836. The molecule has 0 radical (unpaired) electrons. The highest BCUT2D eigenvalue weighted by Crippen LogP contribution is 2.27. The molecule has 1 aromatic rings. The van der Waals surface area contributed by atoms with E-state index in [2.05, 4.69) is 15.9 Å². The van der Waals surface area contributed by atoms with E-state index in [0.717, 1.165) is 15.8 Å². The zero-order chi connectivity index (χ0) is 15.0. The summed E-state index contributed by atoms with van der Waals surface area (Å²) in [5, 5.41) is 0. The van der Waals surface area contributed by atoms with Crippen LogP contribution in [0.3, 0.4) is 0 Å². The summed E-state index contributed by atoms with van der Waals surface area (Å²) in [5.41, 5.74) is 6.92. The summed E-state index contributed by atoms with van der Waals surface area (Å²) in [4.78, 5) is 11.1. The largest absolute Gasteiger partial charge is 0.493 e. The summed E-state index contributed by atoms with van der Waals surface area (Å²) in [6.45, 7) is 4.79. The predicted octanol–water partition coefficient (Wildman–Crippen LogP) is 2.43. The van der Waals surface area contributed by atoms with Crippen molar-refractivity contribution in [1.82, 2.24) is 0 Å². The predicted molar refractivity (Wildman–Crippen MR) is 79.7 cm³/mol. The Morgan fingerprint density at radius 3 is 2.70 bits per heavy atom. The number of benzene rings is 1. The van der Waals surface area contributed by atoms with Gasteiger partial charge < -0.3 is 19.9 Å². The van der Waals surface area contributed by atoms with Crippen LogP contribution in [0, 0.1) is 0 Å². The molecule has 1 atom stereocenters. The molecule has 0 bridgehead atoms. The summed E-state index contributed by atoms with van der Waals surface area (Å²) in [6.07, 6.45) is 0. The highest BCUT2D eigenvalue weighted by atomic mass is 79.9. The normalized spacial score (nSPS) is 12.0. The smallest absolute Gasteiger partial charge is 0.332 e. The molecule has 0 aliphatic rings. The molecule has 0 aromatic heterocycles. The lowest BCUT2D eigenvalue weighted by Crippen LogP contribution is -2.21. The molecule has 2 N–H and O–H groups in total. The summed E-state index contributed by atoms with van der Waals surface area (Å²) in [7, 11) is 0. The monoisotopic (exact) mass is 345 g/mol. The Morgan fingerprint density at radius 1 is 1.35 bits per heavy atom. The molecule has 5 nitrogen and oxygen atoms in total. The van der Waals surface area contributed by atoms with Gasteiger partial charge in [0.25, 0.3) is 0 Å². The van der Waals surface area contributed by atoms with E-state index in [9.17, 15) is 4.79 Å². The second-order valence-electron chi connectivity index (χ2n) is 4.05. The fraction of sp³-hybridized carbons (Fsp3) is 0.500. The number of esters is 1. The molecule has 112 valence electrons. The Hall–Kier alpha value is -1.11. The first-order chi connectivity index (χ1) is 9.58. The second-order valence-corrected chi connectivity index (χ2v) is 4.90. The summed E-state index contributed by atoms with van der Waals surface area (Å²) in [6, 6.07) is 5.32. The number of carbonyl (C=O) groups is 1. The topological polar surface area (TPSA) is 70.8 Å². The van der Waals surface area contributed by atoms with E-state index in [0.29, 0.717) is 13.2 Å². The number of hydrogen-bond acceptors (Lipinski definition) is 5. The van der Waals surface area contributed by atoms with E-state index >= 15 is 0 Å². The van der Waals surface area contributed by atoms with E-state index in [1.54, 1.807) is 6.92 Å². The third-order valence-corrected chi connectivity index (χ3v) is 3.13. The maximum absolute atomic E-state index is 11.1. The van der Waals surface area contributed by atoms with Crippen molar-refractivity contribution in [1.29, 1.82) is 0 Å². The minimum Gasteiger partial charge on any atom is -0.493 e. The van der Waals surface area contributed by atoms with Gasteiger partial charge in [-0.15, -0.1) is 0 Å². The second kappa shape index (κ2) is 8.94. The lowest BCUT2D eigenvalue weighted by Gasteiger charge is -2.14. The third kappa shape index (κ3) is 5.48. The number of carbonyl (C=O) groups excluding carboxylic acids is 1. The molecule has 0 saturated heterocycles. The van der Waals surface area contributed by atoms with Crippen molar-refractivity contribution < 1.29 is 19.0 Å². The van der Waals surface area contributed by atoms with Gasteiger partial charge in [-0.3, -0.25) is 0 Å². The Labute approximate surface area is 127 Å². The summed E-state index contributed by atoms with van der Waals surface area (Å²) >= 11 is 3.43. The molecule has 0 aliphatic heterocycles. The van der Waals surface area contributed by atoms with Crippen molar-refractivity contribution in [3.8, 4) is 5.75 Å². The Balaban J connectivity index is 2.49. The van der Waals surface area contributed by atoms with Crippen molar-refractivity contribution in [3.05, 3.63) is 28.2 Å². The molecule has 1 unspecified atom stereocenters.